The van der Waals surface area contributed by atoms with E-state index in [0.717, 1.165) is 17.7 Å². The Kier molecular flexibility index (Phi) is 8.42. The van der Waals surface area contributed by atoms with E-state index < -0.39 is 23.6 Å². The van der Waals surface area contributed by atoms with Crippen molar-refractivity contribution in [3.8, 4) is 5.75 Å². The summed E-state index contributed by atoms with van der Waals surface area (Å²) in [7, 11) is 0. The second-order valence-corrected chi connectivity index (χ2v) is 6.68. The minimum atomic E-state index is -4.81. The largest absolute Gasteiger partial charge is 0.573 e. The predicted octanol–water partition coefficient (Wildman–Crippen LogP) is 5.43. The Morgan fingerprint density at radius 2 is 1.78 bits per heavy atom. The highest BCUT2D eigenvalue weighted by Crippen LogP contribution is 2.24. The fourth-order valence-electron chi connectivity index (χ4n) is 2.70. The number of halogens is 4. The van der Waals surface area contributed by atoms with Gasteiger partial charge in [0.25, 0.3) is 11.5 Å². The Labute approximate surface area is 187 Å². The second kappa shape index (κ2) is 10.8. The van der Waals surface area contributed by atoms with E-state index in [9.17, 15) is 22.8 Å². The van der Waals surface area contributed by atoms with Gasteiger partial charge in [0.1, 0.15) is 16.5 Å². The van der Waals surface area contributed by atoms with Crippen LogP contribution in [-0.2, 0) is 6.54 Å². The van der Waals surface area contributed by atoms with E-state index in [1.165, 1.54) is 29.0 Å². The van der Waals surface area contributed by atoms with E-state index >= 15 is 0 Å². The molecule has 2 aromatic heterocycles. The van der Waals surface area contributed by atoms with E-state index in [0.29, 0.717) is 5.69 Å². The lowest BCUT2D eigenvalue weighted by molar-refractivity contribution is -0.274. The molecule has 6 nitrogen and oxygen atoms in total. The number of nitrogens with zero attached hydrogens (tertiary/aromatic N) is 2. The van der Waals surface area contributed by atoms with Gasteiger partial charge in [0, 0.05) is 17.6 Å². The maximum absolute atomic E-state index is 12.8. The fourth-order valence-corrected chi connectivity index (χ4v) is 2.90. The standard InChI is InChI=1S/C20H15ClF3N3O3.C2H6/c1-12-2-7-16(19(29)27(12)11-13-8-9-25-17(21)10-13)18(28)26-14-3-5-15(6-4-14)30-20(22,23)24;1-2/h2-10H,11H2,1H3,(H,26,28);1-2H3. The molecule has 10 heteroatoms. The van der Waals surface area contributed by atoms with E-state index in [4.69, 9.17) is 11.6 Å². The van der Waals surface area contributed by atoms with Gasteiger partial charge in [0.2, 0.25) is 0 Å². The molecule has 3 rings (SSSR count). The Hall–Kier alpha value is -3.33. The zero-order valence-corrected chi connectivity index (χ0v) is 18.3. The molecule has 0 fully saturated rings. The van der Waals surface area contributed by atoms with Crippen molar-refractivity contribution in [2.75, 3.05) is 5.32 Å². The van der Waals surface area contributed by atoms with Gasteiger partial charge in [-0.2, -0.15) is 0 Å². The maximum Gasteiger partial charge on any atom is 0.573 e. The van der Waals surface area contributed by atoms with Crippen molar-refractivity contribution < 1.29 is 22.7 Å². The molecule has 0 spiro atoms. The minimum Gasteiger partial charge on any atom is -0.406 e. The summed E-state index contributed by atoms with van der Waals surface area (Å²) in [5, 5.41) is 2.77. The Morgan fingerprint density at radius 3 is 2.38 bits per heavy atom. The summed E-state index contributed by atoms with van der Waals surface area (Å²) in [4.78, 5) is 29.3. The van der Waals surface area contributed by atoms with Crippen molar-refractivity contribution in [1.29, 1.82) is 0 Å². The molecule has 0 saturated carbocycles. The highest BCUT2D eigenvalue weighted by atomic mass is 35.5. The molecule has 32 heavy (non-hydrogen) atoms. The molecule has 3 aromatic rings. The van der Waals surface area contributed by atoms with Crippen molar-refractivity contribution in [2.45, 2.75) is 33.7 Å². The maximum atomic E-state index is 12.8. The molecule has 0 aliphatic rings. The predicted molar refractivity (Wildman–Crippen MR) is 116 cm³/mol. The van der Waals surface area contributed by atoms with E-state index in [1.807, 2.05) is 13.8 Å². The van der Waals surface area contributed by atoms with Gasteiger partial charge in [-0.1, -0.05) is 25.4 Å². The van der Waals surface area contributed by atoms with Crippen LogP contribution in [0.2, 0.25) is 5.15 Å². The number of nitrogens with one attached hydrogen (secondary N) is 1. The number of benzene rings is 1. The van der Waals surface area contributed by atoms with Crippen molar-refractivity contribution >= 4 is 23.2 Å². The number of alkyl halides is 3. The van der Waals surface area contributed by atoms with Crippen LogP contribution in [0.1, 0.15) is 35.5 Å². The van der Waals surface area contributed by atoms with Crippen LogP contribution in [0.15, 0.2) is 59.5 Å². The molecule has 2 heterocycles. The molecule has 1 amide bonds. The van der Waals surface area contributed by atoms with Crippen LogP contribution in [0.25, 0.3) is 0 Å². The van der Waals surface area contributed by atoms with Gasteiger partial charge in [-0.05, 0) is 61.0 Å². The molecule has 0 aliphatic heterocycles. The van der Waals surface area contributed by atoms with Gasteiger partial charge in [-0.15, -0.1) is 13.2 Å². The molecule has 0 radical (unpaired) electrons. The lowest BCUT2D eigenvalue weighted by atomic mass is 10.2. The van der Waals surface area contributed by atoms with Crippen LogP contribution in [-0.4, -0.2) is 21.8 Å². The van der Waals surface area contributed by atoms with Crippen LogP contribution >= 0.6 is 11.6 Å². The summed E-state index contributed by atoms with van der Waals surface area (Å²) >= 11 is 5.88. The smallest absolute Gasteiger partial charge is 0.406 e. The third-order valence-corrected chi connectivity index (χ3v) is 4.32. The Morgan fingerprint density at radius 1 is 1.12 bits per heavy atom. The number of aryl methyl sites for hydroxylation is 1. The molecule has 170 valence electrons. The summed E-state index contributed by atoms with van der Waals surface area (Å²) in [5.74, 6) is -1.11. The van der Waals surface area contributed by atoms with Crippen molar-refractivity contribution in [3.63, 3.8) is 0 Å². The van der Waals surface area contributed by atoms with E-state index in [1.54, 1.807) is 25.1 Å². The molecule has 0 aliphatic carbocycles. The monoisotopic (exact) mass is 467 g/mol. The van der Waals surface area contributed by atoms with Gasteiger partial charge < -0.3 is 14.6 Å². The summed E-state index contributed by atoms with van der Waals surface area (Å²) in [5.41, 5.74) is 0.951. The first-order chi connectivity index (χ1) is 15.1. The number of pyridine rings is 2. The second-order valence-electron chi connectivity index (χ2n) is 6.29. The third kappa shape index (κ3) is 6.84. The van der Waals surface area contributed by atoms with Gasteiger partial charge in [0.05, 0.1) is 6.54 Å². The molecule has 0 unspecified atom stereocenters. The Bertz CT molecular complexity index is 1130. The molecule has 1 N–H and O–H groups in total. The minimum absolute atomic E-state index is 0.114. The van der Waals surface area contributed by atoms with Gasteiger partial charge in [-0.25, -0.2) is 4.98 Å². The number of amides is 1. The zero-order chi connectivity index (χ0) is 23.9. The SMILES string of the molecule is CC.Cc1ccc(C(=O)Nc2ccc(OC(F)(F)F)cc2)c(=O)n1Cc1ccnc(Cl)c1. The number of rotatable bonds is 5. The Balaban J connectivity index is 0.00000176. The summed E-state index contributed by atoms with van der Waals surface area (Å²) in [6, 6.07) is 10.9. The first-order valence-electron chi connectivity index (χ1n) is 9.60. The molecular weight excluding hydrogens is 447 g/mol. The molecule has 1 aromatic carbocycles. The first kappa shape index (κ1) is 24.9. The van der Waals surface area contributed by atoms with Gasteiger partial charge >= 0.3 is 6.36 Å². The number of carbonyl (C=O) groups is 1. The number of anilines is 1. The number of carbonyl (C=O) groups excluding carboxylic acids is 1. The highest BCUT2D eigenvalue weighted by Gasteiger charge is 2.31. The van der Waals surface area contributed by atoms with Gasteiger partial charge in [-0.3, -0.25) is 9.59 Å². The first-order valence-corrected chi connectivity index (χ1v) is 9.98. The fraction of sp³-hybridized carbons (Fsp3) is 0.227. The molecular formula is C22H21ClF3N3O3. The average molecular weight is 468 g/mol. The van der Waals surface area contributed by atoms with Crippen molar-refractivity contribution in [3.05, 3.63) is 87.1 Å². The van der Waals surface area contributed by atoms with E-state index in [-0.39, 0.29) is 22.9 Å². The van der Waals surface area contributed by atoms with Crippen LogP contribution in [0.5, 0.6) is 5.75 Å². The van der Waals surface area contributed by atoms with Gasteiger partial charge in [0.15, 0.2) is 0 Å². The number of hydrogen-bond donors (Lipinski definition) is 1. The normalized spacial score (nSPS) is 10.7. The zero-order valence-electron chi connectivity index (χ0n) is 17.5. The van der Waals surface area contributed by atoms with Crippen molar-refractivity contribution in [2.24, 2.45) is 0 Å². The summed E-state index contributed by atoms with van der Waals surface area (Å²) in [6.07, 6.45) is -3.29. The lowest BCUT2D eigenvalue weighted by Crippen LogP contribution is -2.30. The molecule has 0 saturated heterocycles. The van der Waals surface area contributed by atoms with Crippen LogP contribution in [0.4, 0.5) is 18.9 Å². The van der Waals surface area contributed by atoms with Crippen LogP contribution < -0.4 is 15.6 Å². The lowest BCUT2D eigenvalue weighted by Gasteiger charge is -2.13. The average Bonchev–Trinajstić information content (AvgIpc) is 2.73. The van der Waals surface area contributed by atoms with Crippen LogP contribution in [0, 0.1) is 6.92 Å². The summed E-state index contributed by atoms with van der Waals surface area (Å²) in [6.45, 7) is 5.92. The number of hydrogen-bond acceptors (Lipinski definition) is 4. The topological polar surface area (TPSA) is 73.2 Å². The number of ether oxygens (including phenoxy) is 1. The van der Waals surface area contributed by atoms with Crippen molar-refractivity contribution in [1.82, 2.24) is 9.55 Å². The summed E-state index contributed by atoms with van der Waals surface area (Å²) < 4.78 is 41.9. The molecule has 0 atom stereocenters. The number of aromatic nitrogens is 2. The third-order valence-electron chi connectivity index (χ3n) is 4.11. The van der Waals surface area contributed by atoms with E-state index in [2.05, 4.69) is 15.0 Å². The molecule has 0 bridgehead atoms. The van der Waals surface area contributed by atoms with Crippen LogP contribution in [0.3, 0.4) is 0 Å². The quantitative estimate of drug-likeness (QED) is 0.508. The highest BCUT2D eigenvalue weighted by molar-refractivity contribution is 6.29.